The molecule has 0 spiro atoms. The Morgan fingerprint density at radius 1 is 1.39 bits per heavy atom. The number of hydrogen-bond acceptors (Lipinski definition) is 3. The molecule has 2 aliphatic rings. The monoisotopic (exact) mass is 263 g/mol. The van der Waals surface area contributed by atoms with Crippen molar-refractivity contribution >= 4 is 11.8 Å². The van der Waals surface area contributed by atoms with Crippen molar-refractivity contribution < 1.29 is 4.74 Å². The zero-order chi connectivity index (χ0) is 12.4. The summed E-state index contributed by atoms with van der Waals surface area (Å²) in [5.41, 5.74) is 2.88. The van der Waals surface area contributed by atoms with Gasteiger partial charge in [-0.15, -0.1) is 0 Å². The van der Waals surface area contributed by atoms with Gasteiger partial charge in [0.2, 0.25) is 0 Å². The number of fused-ring (bicyclic) bond motifs is 1. The smallest absolute Gasteiger partial charge is 0.119 e. The van der Waals surface area contributed by atoms with Gasteiger partial charge in [0.05, 0.1) is 0 Å². The Bertz CT molecular complexity index is 427. The standard InChI is InChI=1S/C15H21NOS/c1-15(6-2-8-18-15)11-17-14-4-3-12-5-7-16-10-13(12)9-14/h3-4,9,16H,2,5-8,10-11H2,1H3. The van der Waals surface area contributed by atoms with Crippen LogP contribution >= 0.6 is 11.8 Å². The second kappa shape index (κ2) is 5.14. The lowest BCUT2D eigenvalue weighted by molar-refractivity contribution is 0.275. The molecule has 0 aliphatic carbocycles. The van der Waals surface area contributed by atoms with Crippen LogP contribution in [0.15, 0.2) is 18.2 Å². The first kappa shape index (κ1) is 12.4. The molecule has 3 rings (SSSR count). The molecule has 18 heavy (non-hydrogen) atoms. The maximum atomic E-state index is 6.01. The highest BCUT2D eigenvalue weighted by molar-refractivity contribution is 8.00. The topological polar surface area (TPSA) is 21.3 Å². The molecule has 1 aromatic rings. The molecule has 0 amide bonds. The molecular weight excluding hydrogens is 242 g/mol. The van der Waals surface area contributed by atoms with E-state index in [9.17, 15) is 0 Å². The maximum Gasteiger partial charge on any atom is 0.119 e. The molecule has 0 radical (unpaired) electrons. The van der Waals surface area contributed by atoms with Gasteiger partial charge in [-0.3, -0.25) is 0 Å². The van der Waals surface area contributed by atoms with E-state index in [-0.39, 0.29) is 0 Å². The Hall–Kier alpha value is -0.670. The molecule has 1 atom stereocenters. The van der Waals surface area contributed by atoms with Gasteiger partial charge in [0.25, 0.3) is 0 Å². The first-order chi connectivity index (χ1) is 8.75. The van der Waals surface area contributed by atoms with Gasteiger partial charge in [-0.25, -0.2) is 0 Å². The Kier molecular flexibility index (Phi) is 3.53. The molecule has 1 N–H and O–H groups in total. The summed E-state index contributed by atoms with van der Waals surface area (Å²) in [7, 11) is 0. The van der Waals surface area contributed by atoms with Crippen LogP contribution < -0.4 is 10.1 Å². The van der Waals surface area contributed by atoms with Crippen LogP contribution in [0.1, 0.15) is 30.9 Å². The highest BCUT2D eigenvalue weighted by Gasteiger charge is 2.30. The summed E-state index contributed by atoms with van der Waals surface area (Å²) >= 11 is 2.06. The third kappa shape index (κ3) is 2.67. The van der Waals surface area contributed by atoms with Gasteiger partial charge in [0.15, 0.2) is 0 Å². The van der Waals surface area contributed by atoms with E-state index >= 15 is 0 Å². The van der Waals surface area contributed by atoms with Crippen molar-refractivity contribution in [2.45, 2.75) is 37.5 Å². The minimum absolute atomic E-state index is 0.328. The summed E-state index contributed by atoms with van der Waals surface area (Å²) in [5.74, 6) is 2.32. The zero-order valence-electron chi connectivity index (χ0n) is 11.0. The average molecular weight is 263 g/mol. The molecule has 98 valence electrons. The quantitative estimate of drug-likeness (QED) is 0.906. The molecule has 1 aromatic carbocycles. The molecule has 2 heterocycles. The van der Waals surface area contributed by atoms with Crippen LogP contribution in [0.25, 0.3) is 0 Å². The van der Waals surface area contributed by atoms with Crippen molar-refractivity contribution in [2.75, 3.05) is 18.9 Å². The molecule has 1 unspecified atom stereocenters. The highest BCUT2D eigenvalue weighted by Crippen LogP contribution is 2.38. The van der Waals surface area contributed by atoms with Crippen LogP contribution in [0.2, 0.25) is 0 Å². The van der Waals surface area contributed by atoms with Crippen LogP contribution in [-0.2, 0) is 13.0 Å². The maximum absolute atomic E-state index is 6.01. The van der Waals surface area contributed by atoms with Crippen molar-refractivity contribution in [3.63, 3.8) is 0 Å². The fourth-order valence-electron chi connectivity index (χ4n) is 2.73. The predicted molar refractivity (Wildman–Crippen MR) is 77.4 cm³/mol. The van der Waals surface area contributed by atoms with E-state index in [2.05, 4.69) is 42.2 Å². The van der Waals surface area contributed by atoms with Crippen LogP contribution in [0.4, 0.5) is 0 Å². The normalized spacial score (nSPS) is 26.9. The summed E-state index contributed by atoms with van der Waals surface area (Å²) in [5, 5.41) is 3.41. The first-order valence-corrected chi connectivity index (χ1v) is 7.83. The van der Waals surface area contributed by atoms with Gasteiger partial charge in [0, 0.05) is 11.3 Å². The van der Waals surface area contributed by atoms with Crippen molar-refractivity contribution in [1.29, 1.82) is 0 Å². The molecular formula is C15H21NOS. The summed E-state index contributed by atoms with van der Waals surface area (Å²) < 4.78 is 6.34. The summed E-state index contributed by atoms with van der Waals surface area (Å²) in [6.07, 6.45) is 3.76. The third-order valence-electron chi connectivity index (χ3n) is 3.91. The van der Waals surface area contributed by atoms with E-state index in [4.69, 9.17) is 4.74 Å². The number of hydrogen-bond donors (Lipinski definition) is 1. The van der Waals surface area contributed by atoms with Gasteiger partial charge in [-0.2, -0.15) is 11.8 Å². The van der Waals surface area contributed by atoms with Crippen molar-refractivity contribution in [2.24, 2.45) is 0 Å². The number of benzene rings is 1. The van der Waals surface area contributed by atoms with E-state index in [0.717, 1.165) is 31.9 Å². The number of rotatable bonds is 3. The molecule has 0 saturated carbocycles. The van der Waals surface area contributed by atoms with Crippen LogP contribution in [-0.4, -0.2) is 23.7 Å². The third-order valence-corrected chi connectivity index (χ3v) is 5.42. The Morgan fingerprint density at radius 3 is 3.17 bits per heavy atom. The SMILES string of the molecule is CC1(COc2ccc3c(c2)CNCC3)CCCS1. The zero-order valence-corrected chi connectivity index (χ0v) is 11.8. The van der Waals surface area contributed by atoms with Crippen molar-refractivity contribution in [3.8, 4) is 5.75 Å². The predicted octanol–water partition coefficient (Wildman–Crippen LogP) is 3.00. The van der Waals surface area contributed by atoms with E-state index in [1.54, 1.807) is 0 Å². The summed E-state index contributed by atoms with van der Waals surface area (Å²) in [6.45, 7) is 5.25. The molecule has 2 nitrogen and oxygen atoms in total. The lowest BCUT2D eigenvalue weighted by Crippen LogP contribution is -2.26. The number of ether oxygens (including phenoxy) is 1. The fourth-order valence-corrected chi connectivity index (χ4v) is 3.95. The Morgan fingerprint density at radius 2 is 2.33 bits per heavy atom. The number of thioether (sulfide) groups is 1. The van der Waals surface area contributed by atoms with Gasteiger partial charge in [-0.1, -0.05) is 6.07 Å². The first-order valence-electron chi connectivity index (χ1n) is 6.84. The lowest BCUT2D eigenvalue weighted by atomic mass is 10.0. The molecule has 3 heteroatoms. The average Bonchev–Trinajstić information content (AvgIpc) is 2.84. The summed E-state index contributed by atoms with van der Waals surface area (Å²) in [6, 6.07) is 6.58. The van der Waals surface area contributed by atoms with Gasteiger partial charge >= 0.3 is 0 Å². The van der Waals surface area contributed by atoms with E-state index in [1.807, 2.05) is 0 Å². The second-order valence-corrected chi connectivity index (χ2v) is 7.23. The molecule has 0 aromatic heterocycles. The fraction of sp³-hybridized carbons (Fsp3) is 0.600. The molecule has 1 fully saturated rings. The van der Waals surface area contributed by atoms with Crippen LogP contribution in [0.5, 0.6) is 5.75 Å². The minimum atomic E-state index is 0.328. The largest absolute Gasteiger partial charge is 0.492 e. The second-order valence-electron chi connectivity index (χ2n) is 5.55. The van der Waals surface area contributed by atoms with E-state index in [0.29, 0.717) is 4.75 Å². The number of nitrogens with one attached hydrogen (secondary N) is 1. The Balaban J connectivity index is 1.66. The molecule has 0 bridgehead atoms. The van der Waals surface area contributed by atoms with E-state index < -0.39 is 0 Å². The lowest BCUT2D eigenvalue weighted by Gasteiger charge is -2.24. The van der Waals surface area contributed by atoms with E-state index in [1.165, 1.54) is 29.7 Å². The van der Waals surface area contributed by atoms with Crippen LogP contribution in [0, 0.1) is 0 Å². The highest BCUT2D eigenvalue weighted by atomic mass is 32.2. The van der Waals surface area contributed by atoms with Gasteiger partial charge in [-0.05, 0) is 61.7 Å². The van der Waals surface area contributed by atoms with Crippen LogP contribution in [0.3, 0.4) is 0 Å². The van der Waals surface area contributed by atoms with Gasteiger partial charge < -0.3 is 10.1 Å². The van der Waals surface area contributed by atoms with Crippen molar-refractivity contribution in [3.05, 3.63) is 29.3 Å². The Labute approximate surface area is 113 Å². The minimum Gasteiger partial charge on any atom is -0.492 e. The molecule has 2 aliphatic heterocycles. The molecule has 1 saturated heterocycles. The van der Waals surface area contributed by atoms with Crippen molar-refractivity contribution in [1.82, 2.24) is 5.32 Å². The van der Waals surface area contributed by atoms with Gasteiger partial charge in [0.1, 0.15) is 12.4 Å². The summed E-state index contributed by atoms with van der Waals surface area (Å²) in [4.78, 5) is 0.